The van der Waals surface area contributed by atoms with Crippen molar-refractivity contribution < 1.29 is 28.5 Å². The van der Waals surface area contributed by atoms with E-state index in [0.717, 1.165) is 0 Å². The Balaban J connectivity index is 0.00000116. The molecule has 0 bridgehead atoms. The van der Waals surface area contributed by atoms with Crippen molar-refractivity contribution in [1.82, 2.24) is 0 Å². The zero-order valence-corrected chi connectivity index (χ0v) is 14.6. The molecule has 22 heavy (non-hydrogen) atoms. The van der Waals surface area contributed by atoms with Gasteiger partial charge in [0.25, 0.3) is 0 Å². The van der Waals surface area contributed by atoms with Gasteiger partial charge in [-0.1, -0.05) is 19.9 Å². The molecule has 1 aliphatic heterocycles. The first-order chi connectivity index (χ1) is 10.5. The summed E-state index contributed by atoms with van der Waals surface area (Å²) in [4.78, 5) is 24.2. The van der Waals surface area contributed by atoms with E-state index in [4.69, 9.17) is 18.9 Å². The highest BCUT2D eigenvalue weighted by Gasteiger charge is 2.60. The smallest absolute Gasteiger partial charge is 0.453 e. The van der Waals surface area contributed by atoms with Crippen LogP contribution in [0.25, 0.3) is 0 Å². The molecule has 1 aliphatic rings. The Kier molecular flexibility index (Phi) is 6.67. The van der Waals surface area contributed by atoms with Crippen molar-refractivity contribution in [3.63, 3.8) is 0 Å². The van der Waals surface area contributed by atoms with Crippen molar-refractivity contribution in [3.05, 3.63) is 22.7 Å². The average Bonchev–Trinajstić information content (AvgIpc) is 2.92. The van der Waals surface area contributed by atoms with E-state index in [1.165, 1.54) is 0 Å². The average molecular weight is 375 g/mol. The molecule has 122 valence electrons. The molecule has 0 radical (unpaired) electrons. The van der Waals surface area contributed by atoms with E-state index < -0.39 is 17.7 Å². The zero-order chi connectivity index (χ0) is 16.8. The van der Waals surface area contributed by atoms with E-state index in [1.54, 1.807) is 32.0 Å². The maximum Gasteiger partial charge on any atom is 0.453 e. The molecule has 1 heterocycles. The number of para-hydroxylation sites is 1. The van der Waals surface area contributed by atoms with Crippen molar-refractivity contribution in [2.45, 2.75) is 33.5 Å². The van der Waals surface area contributed by atoms with E-state index in [9.17, 15) is 9.59 Å². The number of ether oxygens (including phenoxy) is 4. The number of carbonyl (C=O) groups excluding carboxylic acids is 2. The maximum absolute atomic E-state index is 12.1. The molecule has 0 saturated carbocycles. The lowest BCUT2D eigenvalue weighted by atomic mass is 10.3. The van der Waals surface area contributed by atoms with Gasteiger partial charge in [-0.3, -0.25) is 0 Å². The Morgan fingerprint density at radius 3 is 2.09 bits per heavy atom. The summed E-state index contributed by atoms with van der Waals surface area (Å²) >= 11 is 3.27. The summed E-state index contributed by atoms with van der Waals surface area (Å²) in [7, 11) is 0. The Morgan fingerprint density at radius 2 is 1.64 bits per heavy atom. The number of benzene rings is 1. The molecule has 0 aliphatic carbocycles. The van der Waals surface area contributed by atoms with Crippen molar-refractivity contribution in [3.8, 4) is 11.5 Å². The molecule has 1 aromatic rings. The summed E-state index contributed by atoms with van der Waals surface area (Å²) in [6, 6.07) is 4.98. The van der Waals surface area contributed by atoms with Crippen LogP contribution in [-0.2, 0) is 19.1 Å². The number of fused-ring (bicyclic) bond motifs is 1. The summed E-state index contributed by atoms with van der Waals surface area (Å²) in [6.45, 7) is 7.41. The van der Waals surface area contributed by atoms with Crippen molar-refractivity contribution in [2.24, 2.45) is 0 Å². The van der Waals surface area contributed by atoms with Crippen molar-refractivity contribution in [2.75, 3.05) is 13.2 Å². The molecule has 0 N–H and O–H groups in total. The predicted octanol–water partition coefficient (Wildman–Crippen LogP) is 3.07. The second kappa shape index (κ2) is 8.03. The van der Waals surface area contributed by atoms with Gasteiger partial charge in [-0.05, 0) is 41.9 Å². The molecular weight excluding hydrogens is 356 g/mol. The highest BCUT2D eigenvalue weighted by molar-refractivity contribution is 9.10. The fraction of sp³-hybridized carbons (Fsp3) is 0.467. The van der Waals surface area contributed by atoms with Crippen LogP contribution in [0.4, 0.5) is 0 Å². The Labute approximate surface area is 137 Å². The van der Waals surface area contributed by atoms with Crippen LogP contribution in [0, 0.1) is 0 Å². The maximum atomic E-state index is 12.1. The fourth-order valence-electron chi connectivity index (χ4n) is 1.69. The van der Waals surface area contributed by atoms with Crippen molar-refractivity contribution in [1.29, 1.82) is 0 Å². The lowest BCUT2D eigenvalue weighted by molar-refractivity contribution is -0.202. The van der Waals surface area contributed by atoms with E-state index in [2.05, 4.69) is 15.9 Å². The van der Waals surface area contributed by atoms with Crippen LogP contribution < -0.4 is 9.47 Å². The molecule has 2 rings (SSSR count). The van der Waals surface area contributed by atoms with Crippen LogP contribution in [0.5, 0.6) is 11.5 Å². The molecular formula is C15H19BrO6. The molecule has 0 fully saturated rings. The number of rotatable bonds is 4. The first-order valence-corrected chi connectivity index (χ1v) is 7.85. The van der Waals surface area contributed by atoms with Crippen LogP contribution in [-0.4, -0.2) is 30.9 Å². The molecule has 1 aromatic carbocycles. The number of hydrogen-bond donors (Lipinski definition) is 0. The van der Waals surface area contributed by atoms with Gasteiger partial charge in [-0.15, -0.1) is 0 Å². The molecule has 0 unspecified atom stereocenters. The number of hydrogen-bond acceptors (Lipinski definition) is 6. The van der Waals surface area contributed by atoms with E-state index in [0.29, 0.717) is 4.47 Å². The van der Waals surface area contributed by atoms with Gasteiger partial charge in [-0.25, -0.2) is 9.59 Å². The normalized spacial score (nSPS) is 13.7. The first kappa shape index (κ1) is 18.3. The standard InChI is InChI=1S/C13H13BrO6.C2H6/c1-3-17-11(15)13(12(16)18-4-2)19-9-7-5-6-8(14)10(9)20-13;1-2/h5-7H,3-4H2,1-2H3;1-2H3. The predicted molar refractivity (Wildman–Crippen MR) is 82.7 cm³/mol. The zero-order valence-electron chi connectivity index (χ0n) is 13.0. The quantitative estimate of drug-likeness (QED) is 0.595. The van der Waals surface area contributed by atoms with Crippen LogP contribution in [0.1, 0.15) is 27.7 Å². The Morgan fingerprint density at radius 1 is 1.09 bits per heavy atom. The molecule has 0 aromatic heterocycles. The van der Waals surface area contributed by atoms with Gasteiger partial charge in [0.15, 0.2) is 11.5 Å². The van der Waals surface area contributed by atoms with Gasteiger partial charge in [0.2, 0.25) is 0 Å². The van der Waals surface area contributed by atoms with Gasteiger partial charge < -0.3 is 18.9 Å². The third-order valence-electron chi connectivity index (χ3n) is 2.52. The Hall–Kier alpha value is -1.76. The summed E-state index contributed by atoms with van der Waals surface area (Å²) in [5, 5.41) is 0. The highest BCUT2D eigenvalue weighted by atomic mass is 79.9. The van der Waals surface area contributed by atoms with Crippen molar-refractivity contribution >= 4 is 27.9 Å². The molecule has 0 atom stereocenters. The fourth-order valence-corrected chi connectivity index (χ4v) is 2.12. The van der Waals surface area contributed by atoms with Gasteiger partial charge in [0.05, 0.1) is 17.7 Å². The van der Waals surface area contributed by atoms with Crippen LogP contribution in [0.2, 0.25) is 0 Å². The lowest BCUT2D eigenvalue weighted by Crippen LogP contribution is -2.56. The molecule has 0 amide bonds. The topological polar surface area (TPSA) is 71.1 Å². The Bertz CT molecular complexity index is 525. The van der Waals surface area contributed by atoms with E-state index >= 15 is 0 Å². The summed E-state index contributed by atoms with van der Waals surface area (Å²) in [5.74, 6) is -3.60. The summed E-state index contributed by atoms with van der Waals surface area (Å²) in [6.07, 6.45) is 0. The lowest BCUT2D eigenvalue weighted by Gasteiger charge is -2.22. The second-order valence-electron chi connectivity index (χ2n) is 3.83. The third-order valence-corrected chi connectivity index (χ3v) is 3.14. The van der Waals surface area contributed by atoms with Gasteiger partial charge in [0, 0.05) is 0 Å². The van der Waals surface area contributed by atoms with Gasteiger partial charge >= 0.3 is 17.7 Å². The molecule has 0 saturated heterocycles. The minimum Gasteiger partial charge on any atom is -0.460 e. The first-order valence-electron chi connectivity index (χ1n) is 7.06. The SMILES string of the molecule is CC.CCOC(=O)C1(C(=O)OCC)Oc2cccc(Br)c2O1. The monoisotopic (exact) mass is 374 g/mol. The summed E-state index contributed by atoms with van der Waals surface area (Å²) in [5.41, 5.74) is 0. The van der Waals surface area contributed by atoms with Crippen LogP contribution in [0.3, 0.4) is 0 Å². The highest BCUT2D eigenvalue weighted by Crippen LogP contribution is 2.45. The van der Waals surface area contributed by atoms with E-state index in [1.807, 2.05) is 13.8 Å². The molecule has 6 nitrogen and oxygen atoms in total. The van der Waals surface area contributed by atoms with Crippen LogP contribution >= 0.6 is 15.9 Å². The largest absolute Gasteiger partial charge is 0.460 e. The molecule has 0 spiro atoms. The van der Waals surface area contributed by atoms with E-state index in [-0.39, 0.29) is 24.7 Å². The minimum absolute atomic E-state index is 0.0875. The van der Waals surface area contributed by atoms with Crippen LogP contribution in [0.15, 0.2) is 22.7 Å². The third kappa shape index (κ3) is 3.35. The number of halogens is 1. The number of carbonyl (C=O) groups is 2. The molecule has 7 heteroatoms. The minimum atomic E-state index is -2.24. The summed E-state index contributed by atoms with van der Waals surface area (Å²) < 4.78 is 21.1. The second-order valence-corrected chi connectivity index (χ2v) is 4.68. The number of esters is 2. The van der Waals surface area contributed by atoms with Gasteiger partial charge in [-0.2, -0.15) is 0 Å². The van der Waals surface area contributed by atoms with Gasteiger partial charge in [0.1, 0.15) is 0 Å².